The molecule has 3 aliphatic rings. The smallest absolute Gasteiger partial charge is 0.417 e. The summed E-state index contributed by atoms with van der Waals surface area (Å²) in [6.07, 6.45) is -5.41. The quantitative estimate of drug-likeness (QED) is 0.387. The second-order valence-electron chi connectivity index (χ2n) is 10.1. The van der Waals surface area contributed by atoms with Crippen LogP contribution in [0, 0.1) is 17.0 Å². The molecule has 6 nitrogen and oxygen atoms in total. The van der Waals surface area contributed by atoms with Gasteiger partial charge < -0.3 is 14.9 Å². The van der Waals surface area contributed by atoms with Gasteiger partial charge in [0.15, 0.2) is 11.7 Å². The van der Waals surface area contributed by atoms with Crippen molar-refractivity contribution in [2.75, 3.05) is 6.61 Å². The SMILES string of the molecule is O[C@H](COc1ccc(C23CC(C(F)(F)C(O)(Cn4cncn4)c4ccc(F)cc4F)(C2)C3)cc1)C(F)(F)F. The zero-order valence-electron chi connectivity index (χ0n) is 19.6. The normalized spacial score (nSPS) is 25.2. The minimum Gasteiger partial charge on any atom is -0.491 e. The molecule has 3 fully saturated rings. The molecule has 3 aliphatic carbocycles. The largest absolute Gasteiger partial charge is 0.491 e. The van der Waals surface area contributed by atoms with Gasteiger partial charge in [0, 0.05) is 17.0 Å². The zero-order chi connectivity index (χ0) is 27.6. The Morgan fingerprint density at radius 3 is 2.21 bits per heavy atom. The number of alkyl halides is 5. The summed E-state index contributed by atoms with van der Waals surface area (Å²) in [4.78, 5) is 3.68. The van der Waals surface area contributed by atoms with Crippen molar-refractivity contribution in [1.82, 2.24) is 14.8 Å². The van der Waals surface area contributed by atoms with E-state index >= 15 is 8.78 Å². The Morgan fingerprint density at radius 1 is 1.00 bits per heavy atom. The van der Waals surface area contributed by atoms with E-state index in [0.29, 0.717) is 11.6 Å². The van der Waals surface area contributed by atoms with Crippen molar-refractivity contribution in [3.8, 4) is 5.75 Å². The van der Waals surface area contributed by atoms with Crippen molar-refractivity contribution >= 4 is 0 Å². The number of aromatic nitrogens is 3. The second-order valence-corrected chi connectivity index (χ2v) is 10.1. The van der Waals surface area contributed by atoms with Crippen molar-refractivity contribution in [3.63, 3.8) is 0 Å². The monoisotopic (exact) mass is 545 g/mol. The Bertz CT molecular complexity index is 1290. The number of halogens is 7. The van der Waals surface area contributed by atoms with E-state index in [1.807, 2.05) is 0 Å². The summed E-state index contributed by atoms with van der Waals surface area (Å²) in [7, 11) is 0. The number of aliphatic hydroxyl groups is 2. The third-order valence-electron chi connectivity index (χ3n) is 7.70. The van der Waals surface area contributed by atoms with E-state index in [2.05, 4.69) is 10.1 Å². The van der Waals surface area contributed by atoms with Crippen LogP contribution in [-0.4, -0.2) is 49.8 Å². The molecule has 3 saturated carbocycles. The second kappa shape index (κ2) is 8.67. The maximum atomic E-state index is 16.2. The molecule has 0 amide bonds. The van der Waals surface area contributed by atoms with Crippen molar-refractivity contribution in [2.45, 2.75) is 55.0 Å². The van der Waals surface area contributed by atoms with Crippen molar-refractivity contribution < 1.29 is 45.7 Å². The van der Waals surface area contributed by atoms with Crippen LogP contribution in [0.1, 0.15) is 30.4 Å². The first kappa shape index (κ1) is 26.4. The topological polar surface area (TPSA) is 80.4 Å². The molecule has 1 unspecified atom stereocenters. The molecule has 1 heterocycles. The van der Waals surface area contributed by atoms with Crippen LogP contribution in [0.4, 0.5) is 30.7 Å². The zero-order valence-corrected chi connectivity index (χ0v) is 19.6. The Hall–Kier alpha value is -3.19. The number of nitrogens with zero attached hydrogens (tertiary/aromatic N) is 3. The highest BCUT2D eigenvalue weighted by Gasteiger charge is 2.82. The summed E-state index contributed by atoms with van der Waals surface area (Å²) in [5, 5.41) is 24.2. The minimum atomic E-state index is -4.82. The van der Waals surface area contributed by atoms with Crippen LogP contribution in [0.25, 0.3) is 0 Å². The molecule has 2 atom stereocenters. The molecular weight excluding hydrogens is 523 g/mol. The molecule has 204 valence electrons. The molecule has 3 aromatic rings. The van der Waals surface area contributed by atoms with Gasteiger partial charge in [-0.1, -0.05) is 12.1 Å². The van der Waals surface area contributed by atoms with E-state index in [1.54, 1.807) is 12.1 Å². The number of rotatable bonds is 9. The fraction of sp³-hybridized carbons (Fsp3) is 0.440. The predicted octanol–water partition coefficient (Wildman–Crippen LogP) is 4.50. The van der Waals surface area contributed by atoms with E-state index < -0.39 is 65.0 Å². The summed E-state index contributed by atoms with van der Waals surface area (Å²) in [6, 6.07) is 7.90. The van der Waals surface area contributed by atoms with E-state index in [9.17, 15) is 27.1 Å². The molecule has 0 saturated heterocycles. The van der Waals surface area contributed by atoms with Gasteiger partial charge in [0.1, 0.15) is 36.6 Å². The Labute approximate surface area is 211 Å². The molecule has 0 spiro atoms. The van der Waals surface area contributed by atoms with Gasteiger partial charge in [-0.05, 0) is 54.5 Å². The maximum absolute atomic E-state index is 16.2. The molecule has 13 heteroatoms. The van der Waals surface area contributed by atoms with Gasteiger partial charge in [0.2, 0.25) is 0 Å². The number of hydrogen-bond donors (Lipinski definition) is 2. The van der Waals surface area contributed by atoms with Crippen LogP contribution in [0.2, 0.25) is 0 Å². The summed E-state index contributed by atoms with van der Waals surface area (Å²) < 4.78 is 104. The Balaban J connectivity index is 1.35. The standard InChI is InChI=1S/C25H22F7N3O3/c26-16-3-6-18(19(27)7-16)23(37,12-35-14-33-13-34-35)25(31,32)22-9-21(10-22,11-22)15-1-4-17(5-2-15)38-8-20(36)24(28,29)30/h1-7,13-14,20,36-37H,8-12H2/t20-,21?,22?,23?/m1/s1. The third-order valence-corrected chi connectivity index (χ3v) is 7.70. The predicted molar refractivity (Wildman–Crippen MR) is 117 cm³/mol. The van der Waals surface area contributed by atoms with Gasteiger partial charge in [-0.2, -0.15) is 18.3 Å². The molecule has 2 bridgehead atoms. The first-order valence-electron chi connectivity index (χ1n) is 11.6. The van der Waals surface area contributed by atoms with Crippen LogP contribution in [0.15, 0.2) is 55.1 Å². The van der Waals surface area contributed by atoms with Gasteiger partial charge >= 0.3 is 6.18 Å². The summed E-state index contributed by atoms with van der Waals surface area (Å²) in [5.41, 5.74) is -5.49. The number of hydrogen-bond acceptors (Lipinski definition) is 5. The fourth-order valence-electron chi connectivity index (χ4n) is 5.77. The lowest BCUT2D eigenvalue weighted by Gasteiger charge is -2.74. The summed E-state index contributed by atoms with van der Waals surface area (Å²) in [6.45, 7) is -1.82. The molecular formula is C25H22F7N3O3. The average Bonchev–Trinajstić information content (AvgIpc) is 3.28. The summed E-state index contributed by atoms with van der Waals surface area (Å²) in [5.74, 6) is -6.09. The highest BCUT2D eigenvalue weighted by molar-refractivity contribution is 5.44. The van der Waals surface area contributed by atoms with E-state index in [1.165, 1.54) is 12.1 Å². The van der Waals surface area contributed by atoms with Gasteiger partial charge in [-0.25, -0.2) is 27.2 Å². The average molecular weight is 545 g/mol. The van der Waals surface area contributed by atoms with Crippen LogP contribution in [0.5, 0.6) is 5.75 Å². The van der Waals surface area contributed by atoms with Gasteiger partial charge in [-0.15, -0.1) is 0 Å². The number of ether oxygens (including phenoxy) is 1. The highest BCUT2D eigenvalue weighted by atomic mass is 19.4. The van der Waals surface area contributed by atoms with E-state index in [4.69, 9.17) is 9.84 Å². The minimum absolute atomic E-state index is 0.0392. The number of aliphatic hydroxyl groups excluding tert-OH is 1. The fourth-order valence-corrected chi connectivity index (χ4v) is 5.77. The van der Waals surface area contributed by atoms with E-state index in [-0.39, 0.29) is 25.0 Å². The van der Waals surface area contributed by atoms with Crippen molar-refractivity contribution in [1.29, 1.82) is 0 Å². The first-order valence-corrected chi connectivity index (χ1v) is 11.6. The molecule has 2 aromatic carbocycles. The molecule has 6 rings (SSSR count). The van der Waals surface area contributed by atoms with Gasteiger partial charge in [0.05, 0.1) is 6.54 Å². The Morgan fingerprint density at radius 2 is 1.66 bits per heavy atom. The lowest BCUT2D eigenvalue weighted by atomic mass is 9.30. The van der Waals surface area contributed by atoms with Gasteiger partial charge in [-0.3, -0.25) is 0 Å². The third kappa shape index (κ3) is 4.03. The molecule has 38 heavy (non-hydrogen) atoms. The van der Waals surface area contributed by atoms with Crippen LogP contribution < -0.4 is 4.74 Å². The maximum Gasteiger partial charge on any atom is 0.417 e. The van der Waals surface area contributed by atoms with Gasteiger partial charge in [0.25, 0.3) is 5.92 Å². The molecule has 0 radical (unpaired) electrons. The van der Waals surface area contributed by atoms with Crippen molar-refractivity contribution in [2.24, 2.45) is 5.41 Å². The van der Waals surface area contributed by atoms with Crippen LogP contribution in [0.3, 0.4) is 0 Å². The number of benzene rings is 2. The lowest BCUT2D eigenvalue weighted by molar-refractivity contribution is -0.347. The first-order chi connectivity index (χ1) is 17.7. The van der Waals surface area contributed by atoms with Crippen molar-refractivity contribution in [3.05, 3.63) is 77.9 Å². The highest BCUT2D eigenvalue weighted by Crippen LogP contribution is 2.80. The molecule has 1 aromatic heterocycles. The van der Waals surface area contributed by atoms with Crippen LogP contribution >= 0.6 is 0 Å². The Kier molecular flexibility index (Phi) is 6.02. The summed E-state index contributed by atoms with van der Waals surface area (Å²) >= 11 is 0. The molecule has 0 aliphatic heterocycles. The van der Waals surface area contributed by atoms with E-state index in [0.717, 1.165) is 29.5 Å². The molecule has 2 N–H and O–H groups in total. The van der Waals surface area contributed by atoms with Crippen LogP contribution in [-0.2, 0) is 17.6 Å². The lowest BCUT2D eigenvalue weighted by Crippen LogP contribution is -2.76.